The lowest BCUT2D eigenvalue weighted by Gasteiger charge is -2.17. The van der Waals surface area contributed by atoms with Crippen LogP contribution in [-0.4, -0.2) is 37.0 Å². The van der Waals surface area contributed by atoms with Gasteiger partial charge in [0.25, 0.3) is 5.91 Å². The van der Waals surface area contributed by atoms with E-state index in [1.54, 1.807) is 4.90 Å². The van der Waals surface area contributed by atoms with Gasteiger partial charge in [-0.25, -0.2) is 0 Å². The molecule has 1 heterocycles. The largest absolute Gasteiger partial charge is 0.455 e. The van der Waals surface area contributed by atoms with E-state index in [0.29, 0.717) is 6.54 Å². The topological polar surface area (TPSA) is 75.7 Å². The summed E-state index contributed by atoms with van der Waals surface area (Å²) in [4.78, 5) is 37.4. The van der Waals surface area contributed by atoms with E-state index in [1.165, 1.54) is 5.56 Å². The molecular weight excluding hydrogens is 308 g/mol. The van der Waals surface area contributed by atoms with Crippen LogP contribution in [0.25, 0.3) is 0 Å². The number of esters is 1. The zero-order chi connectivity index (χ0) is 17.1. The Hall–Kier alpha value is -2.37. The molecule has 0 radical (unpaired) electrons. The Labute approximate surface area is 141 Å². The number of nitrogens with one attached hydrogen (secondary N) is 1. The third-order valence-corrected chi connectivity index (χ3v) is 4.40. The Kier molecular flexibility index (Phi) is 4.83. The number of benzene rings is 1. The molecule has 1 aromatic rings. The Morgan fingerprint density at radius 1 is 1.25 bits per heavy atom. The van der Waals surface area contributed by atoms with Gasteiger partial charge < -0.3 is 15.0 Å². The van der Waals surface area contributed by atoms with Crippen LogP contribution >= 0.6 is 0 Å². The van der Waals surface area contributed by atoms with Gasteiger partial charge in [-0.1, -0.05) is 19.1 Å². The zero-order valence-corrected chi connectivity index (χ0v) is 13.8. The Morgan fingerprint density at radius 2 is 1.96 bits per heavy atom. The predicted octanol–water partition coefficient (Wildman–Crippen LogP) is 1.42. The van der Waals surface area contributed by atoms with Crippen LogP contribution in [0, 0.1) is 5.92 Å². The average molecular weight is 330 g/mol. The first-order valence-electron chi connectivity index (χ1n) is 8.42. The van der Waals surface area contributed by atoms with Gasteiger partial charge in [-0.2, -0.15) is 0 Å². The standard InChI is InChI=1S/C18H22N2O4/c1-2-12-3-7-15(8-4-12)20-10-13(9-17(20)22)18(23)24-11-16(21)19-14-5-6-14/h3-4,7-8,13-14H,2,5-6,9-11H2,1H3,(H,19,21)/t13-/m1/s1. The van der Waals surface area contributed by atoms with Crippen molar-refractivity contribution in [3.05, 3.63) is 29.8 Å². The molecular formula is C18H22N2O4. The van der Waals surface area contributed by atoms with Crippen molar-refractivity contribution >= 4 is 23.5 Å². The number of ether oxygens (including phenoxy) is 1. The lowest BCUT2D eigenvalue weighted by atomic mass is 10.1. The molecule has 1 saturated heterocycles. The van der Waals surface area contributed by atoms with E-state index in [9.17, 15) is 14.4 Å². The maximum absolute atomic E-state index is 12.2. The molecule has 2 fully saturated rings. The van der Waals surface area contributed by atoms with Crippen LogP contribution in [0.1, 0.15) is 31.7 Å². The summed E-state index contributed by atoms with van der Waals surface area (Å²) in [6, 6.07) is 8.00. The van der Waals surface area contributed by atoms with Gasteiger partial charge in [-0.3, -0.25) is 14.4 Å². The second kappa shape index (κ2) is 7.03. The van der Waals surface area contributed by atoms with Gasteiger partial charge in [0.15, 0.2) is 6.61 Å². The van der Waals surface area contributed by atoms with Gasteiger partial charge in [0.1, 0.15) is 0 Å². The Morgan fingerprint density at radius 3 is 2.58 bits per heavy atom. The highest BCUT2D eigenvalue weighted by molar-refractivity contribution is 5.99. The third kappa shape index (κ3) is 3.93. The number of nitrogens with zero attached hydrogens (tertiary/aromatic N) is 1. The molecule has 0 spiro atoms. The molecule has 24 heavy (non-hydrogen) atoms. The van der Waals surface area contributed by atoms with Gasteiger partial charge in [0, 0.05) is 24.7 Å². The van der Waals surface area contributed by atoms with Crippen LogP contribution in [0.4, 0.5) is 5.69 Å². The lowest BCUT2D eigenvalue weighted by Crippen LogP contribution is -2.32. The molecule has 6 heteroatoms. The highest BCUT2D eigenvalue weighted by Gasteiger charge is 2.36. The molecule has 1 N–H and O–H groups in total. The first kappa shape index (κ1) is 16.5. The van der Waals surface area contributed by atoms with E-state index >= 15 is 0 Å². The van der Waals surface area contributed by atoms with E-state index in [4.69, 9.17) is 4.74 Å². The summed E-state index contributed by atoms with van der Waals surface area (Å²) >= 11 is 0. The molecule has 1 atom stereocenters. The summed E-state index contributed by atoms with van der Waals surface area (Å²) in [7, 11) is 0. The van der Waals surface area contributed by atoms with Gasteiger partial charge in [-0.05, 0) is 37.0 Å². The molecule has 2 aliphatic rings. The molecule has 0 bridgehead atoms. The number of amides is 2. The minimum absolute atomic E-state index is 0.0939. The fraction of sp³-hybridized carbons (Fsp3) is 0.500. The molecule has 6 nitrogen and oxygen atoms in total. The molecule has 128 valence electrons. The van der Waals surface area contributed by atoms with Crippen molar-refractivity contribution in [1.29, 1.82) is 0 Å². The van der Waals surface area contributed by atoms with Crippen molar-refractivity contribution in [3.8, 4) is 0 Å². The van der Waals surface area contributed by atoms with Gasteiger partial charge in [-0.15, -0.1) is 0 Å². The quantitative estimate of drug-likeness (QED) is 0.801. The molecule has 0 aromatic heterocycles. The van der Waals surface area contributed by atoms with Crippen LogP contribution in [0.15, 0.2) is 24.3 Å². The first-order valence-corrected chi connectivity index (χ1v) is 8.42. The van der Waals surface area contributed by atoms with Gasteiger partial charge in [0.2, 0.25) is 5.91 Å². The molecule has 2 amide bonds. The maximum atomic E-state index is 12.2. The second-order valence-electron chi connectivity index (χ2n) is 6.37. The summed E-state index contributed by atoms with van der Waals surface area (Å²) in [5.41, 5.74) is 1.99. The summed E-state index contributed by atoms with van der Waals surface area (Å²) < 4.78 is 5.06. The lowest BCUT2D eigenvalue weighted by molar-refractivity contribution is -0.152. The zero-order valence-electron chi connectivity index (χ0n) is 13.8. The molecule has 1 saturated carbocycles. The molecule has 1 aliphatic carbocycles. The average Bonchev–Trinajstić information content (AvgIpc) is 3.31. The van der Waals surface area contributed by atoms with Crippen molar-refractivity contribution in [2.45, 2.75) is 38.6 Å². The minimum Gasteiger partial charge on any atom is -0.455 e. The van der Waals surface area contributed by atoms with Crippen LogP contribution < -0.4 is 10.2 Å². The van der Waals surface area contributed by atoms with E-state index < -0.39 is 11.9 Å². The predicted molar refractivity (Wildman–Crippen MR) is 88.4 cm³/mol. The van der Waals surface area contributed by atoms with E-state index in [-0.39, 0.29) is 30.9 Å². The SMILES string of the molecule is CCc1ccc(N2C[C@H](C(=O)OCC(=O)NC3CC3)CC2=O)cc1. The maximum Gasteiger partial charge on any atom is 0.311 e. The van der Waals surface area contributed by atoms with Crippen LogP contribution in [0.3, 0.4) is 0 Å². The summed E-state index contributed by atoms with van der Waals surface area (Å²) in [5, 5.41) is 2.76. The Bertz CT molecular complexity index is 637. The monoisotopic (exact) mass is 330 g/mol. The number of carbonyl (C=O) groups is 3. The van der Waals surface area contributed by atoms with Crippen molar-refractivity contribution in [1.82, 2.24) is 5.32 Å². The number of rotatable bonds is 6. The summed E-state index contributed by atoms with van der Waals surface area (Å²) in [6.45, 7) is 2.10. The summed E-state index contributed by atoms with van der Waals surface area (Å²) in [5.74, 6) is -1.37. The normalized spacial score (nSPS) is 20.1. The van der Waals surface area contributed by atoms with Gasteiger partial charge >= 0.3 is 5.97 Å². The van der Waals surface area contributed by atoms with Crippen molar-refractivity contribution in [2.24, 2.45) is 5.92 Å². The minimum atomic E-state index is -0.517. The van der Waals surface area contributed by atoms with Crippen LogP contribution in [0.5, 0.6) is 0 Å². The number of anilines is 1. The number of hydrogen-bond donors (Lipinski definition) is 1. The van der Waals surface area contributed by atoms with E-state index in [1.807, 2.05) is 24.3 Å². The fourth-order valence-electron chi connectivity index (χ4n) is 2.78. The Balaban J connectivity index is 1.52. The smallest absolute Gasteiger partial charge is 0.311 e. The number of aryl methyl sites for hydroxylation is 1. The van der Waals surface area contributed by atoms with Crippen molar-refractivity contribution in [2.75, 3.05) is 18.1 Å². The van der Waals surface area contributed by atoms with Crippen LogP contribution in [0.2, 0.25) is 0 Å². The summed E-state index contributed by atoms with van der Waals surface area (Å²) in [6.07, 6.45) is 3.04. The number of carbonyl (C=O) groups excluding carboxylic acids is 3. The molecule has 1 aliphatic heterocycles. The third-order valence-electron chi connectivity index (χ3n) is 4.40. The first-order chi connectivity index (χ1) is 11.6. The number of hydrogen-bond acceptors (Lipinski definition) is 4. The highest BCUT2D eigenvalue weighted by atomic mass is 16.5. The van der Waals surface area contributed by atoms with Gasteiger partial charge in [0.05, 0.1) is 5.92 Å². The van der Waals surface area contributed by atoms with E-state index in [0.717, 1.165) is 24.9 Å². The van der Waals surface area contributed by atoms with Crippen molar-refractivity contribution < 1.29 is 19.1 Å². The molecule has 0 unspecified atom stereocenters. The molecule has 1 aromatic carbocycles. The molecule has 3 rings (SSSR count). The van der Waals surface area contributed by atoms with E-state index in [2.05, 4.69) is 12.2 Å². The fourth-order valence-corrected chi connectivity index (χ4v) is 2.78. The van der Waals surface area contributed by atoms with Crippen LogP contribution in [-0.2, 0) is 25.5 Å². The van der Waals surface area contributed by atoms with Crippen molar-refractivity contribution in [3.63, 3.8) is 0 Å². The second-order valence-corrected chi connectivity index (χ2v) is 6.37. The highest BCUT2D eigenvalue weighted by Crippen LogP contribution is 2.26.